The molecule has 0 heterocycles. The molecule has 4 aliphatic carbocycles. The molecule has 0 radical (unpaired) electrons. The van der Waals surface area contributed by atoms with Crippen molar-refractivity contribution in [1.29, 1.82) is 0 Å². The third-order valence-corrected chi connectivity index (χ3v) is 6.91. The van der Waals surface area contributed by atoms with E-state index in [1.54, 1.807) is 30.2 Å². The van der Waals surface area contributed by atoms with E-state index in [9.17, 15) is 14.3 Å². The molecule has 2 atom stereocenters. The molecule has 0 aliphatic heterocycles. The van der Waals surface area contributed by atoms with Gasteiger partial charge in [-0.25, -0.2) is 4.39 Å². The first-order valence-corrected chi connectivity index (χ1v) is 10.1. The SMILES string of the molecule is COCCN(Cc1ccccc1F)C(=O)CC12C[C@@H]3C[C@H](CC(O)(C3)C1)C2. The maximum atomic E-state index is 14.1. The van der Waals surface area contributed by atoms with Crippen molar-refractivity contribution < 1.29 is 19.0 Å². The lowest BCUT2D eigenvalue weighted by molar-refractivity contribution is -0.172. The van der Waals surface area contributed by atoms with Gasteiger partial charge in [-0.1, -0.05) is 18.2 Å². The number of halogens is 1. The molecular weight excluding hydrogens is 345 g/mol. The van der Waals surface area contributed by atoms with Crippen LogP contribution in [0.3, 0.4) is 0 Å². The van der Waals surface area contributed by atoms with Gasteiger partial charge in [-0.2, -0.15) is 0 Å². The van der Waals surface area contributed by atoms with Gasteiger partial charge in [-0.3, -0.25) is 4.79 Å². The van der Waals surface area contributed by atoms with Crippen LogP contribution >= 0.6 is 0 Å². The lowest BCUT2D eigenvalue weighted by Gasteiger charge is -2.60. The van der Waals surface area contributed by atoms with Gasteiger partial charge in [0.1, 0.15) is 5.82 Å². The zero-order chi connectivity index (χ0) is 19.1. The quantitative estimate of drug-likeness (QED) is 0.793. The van der Waals surface area contributed by atoms with Crippen molar-refractivity contribution in [2.45, 2.75) is 57.1 Å². The maximum Gasteiger partial charge on any atom is 0.223 e. The molecule has 0 unspecified atom stereocenters. The van der Waals surface area contributed by atoms with Crippen LogP contribution in [0.5, 0.6) is 0 Å². The van der Waals surface area contributed by atoms with E-state index in [1.807, 2.05) is 0 Å². The van der Waals surface area contributed by atoms with E-state index in [0.29, 0.717) is 37.0 Å². The second-order valence-corrected chi connectivity index (χ2v) is 9.26. The number of benzene rings is 1. The smallest absolute Gasteiger partial charge is 0.223 e. The molecule has 1 aromatic carbocycles. The minimum atomic E-state index is -0.562. The van der Waals surface area contributed by atoms with Crippen LogP contribution < -0.4 is 0 Å². The van der Waals surface area contributed by atoms with Crippen LogP contribution in [-0.4, -0.2) is 41.8 Å². The number of rotatable bonds is 7. The van der Waals surface area contributed by atoms with Crippen molar-refractivity contribution in [3.8, 4) is 0 Å². The molecule has 4 aliphatic rings. The summed E-state index contributed by atoms with van der Waals surface area (Å²) < 4.78 is 19.3. The Morgan fingerprint density at radius 2 is 1.96 bits per heavy atom. The first-order chi connectivity index (χ1) is 12.9. The Morgan fingerprint density at radius 3 is 2.59 bits per heavy atom. The molecule has 0 aromatic heterocycles. The topological polar surface area (TPSA) is 49.8 Å². The molecule has 5 heteroatoms. The minimum Gasteiger partial charge on any atom is -0.390 e. The molecular formula is C22H30FNO3. The molecule has 5 rings (SSSR count). The van der Waals surface area contributed by atoms with Crippen molar-refractivity contribution >= 4 is 5.91 Å². The zero-order valence-corrected chi connectivity index (χ0v) is 16.1. The Kier molecular flexibility index (Phi) is 5.02. The van der Waals surface area contributed by atoms with Gasteiger partial charge in [0.15, 0.2) is 0 Å². The lowest BCUT2D eigenvalue weighted by atomic mass is 9.47. The summed E-state index contributed by atoms with van der Waals surface area (Å²) in [5.74, 6) is 0.892. The molecule has 1 amide bonds. The Balaban J connectivity index is 1.49. The number of amides is 1. The fourth-order valence-corrected chi connectivity index (χ4v) is 6.37. The van der Waals surface area contributed by atoms with Crippen LogP contribution in [0.1, 0.15) is 50.5 Å². The molecule has 4 saturated carbocycles. The molecule has 0 spiro atoms. The highest BCUT2D eigenvalue weighted by Crippen LogP contribution is 2.62. The minimum absolute atomic E-state index is 0.0563. The largest absolute Gasteiger partial charge is 0.390 e. The first kappa shape index (κ1) is 18.9. The summed E-state index contributed by atoms with van der Waals surface area (Å²) >= 11 is 0. The van der Waals surface area contributed by atoms with Gasteiger partial charge in [0, 0.05) is 32.2 Å². The van der Waals surface area contributed by atoms with E-state index in [0.717, 1.165) is 32.1 Å². The van der Waals surface area contributed by atoms with Gasteiger partial charge in [0.2, 0.25) is 5.91 Å². The summed E-state index contributed by atoms with van der Waals surface area (Å²) in [5, 5.41) is 10.9. The van der Waals surface area contributed by atoms with E-state index >= 15 is 0 Å². The second-order valence-electron chi connectivity index (χ2n) is 9.26. The van der Waals surface area contributed by atoms with Crippen molar-refractivity contribution in [2.24, 2.45) is 17.3 Å². The van der Waals surface area contributed by atoms with Gasteiger partial charge in [-0.15, -0.1) is 0 Å². The van der Waals surface area contributed by atoms with Crippen LogP contribution in [0, 0.1) is 23.1 Å². The fraction of sp³-hybridized carbons (Fsp3) is 0.682. The van der Waals surface area contributed by atoms with E-state index in [4.69, 9.17) is 4.74 Å². The predicted molar refractivity (Wildman–Crippen MR) is 100 cm³/mol. The Morgan fingerprint density at radius 1 is 1.26 bits per heavy atom. The highest BCUT2D eigenvalue weighted by Gasteiger charge is 2.57. The number of ether oxygens (including phenoxy) is 1. The number of methoxy groups -OCH3 is 1. The highest BCUT2D eigenvalue weighted by molar-refractivity contribution is 5.77. The second kappa shape index (κ2) is 7.17. The molecule has 148 valence electrons. The van der Waals surface area contributed by atoms with Crippen LogP contribution in [0.4, 0.5) is 4.39 Å². The first-order valence-electron chi connectivity index (χ1n) is 10.1. The molecule has 4 bridgehead atoms. The third-order valence-electron chi connectivity index (χ3n) is 6.91. The molecule has 1 aromatic rings. The van der Waals surface area contributed by atoms with Gasteiger partial charge in [0.25, 0.3) is 0 Å². The number of hydrogen-bond acceptors (Lipinski definition) is 3. The standard InChI is InChI=1S/C22H30FNO3/c1-27-7-6-24(14-18-4-2-3-5-19(18)23)20(25)13-21-9-16-8-17(10-21)12-22(26,11-16)15-21/h2-5,16-17,26H,6-15H2,1H3/t16-,17-,21?,22?/m0/s1. The Hall–Kier alpha value is -1.46. The number of carbonyl (C=O) groups excluding carboxylic acids is 1. The molecule has 27 heavy (non-hydrogen) atoms. The van der Waals surface area contributed by atoms with Crippen molar-refractivity contribution in [1.82, 2.24) is 4.90 Å². The summed E-state index contributed by atoms with van der Waals surface area (Å²) in [7, 11) is 1.61. The molecule has 0 saturated heterocycles. The average Bonchev–Trinajstić information content (AvgIpc) is 2.57. The summed E-state index contributed by atoms with van der Waals surface area (Å²) in [4.78, 5) is 14.9. The number of carbonyl (C=O) groups is 1. The molecule has 4 fully saturated rings. The van der Waals surface area contributed by atoms with E-state index in [-0.39, 0.29) is 23.7 Å². The summed E-state index contributed by atoms with van der Waals surface area (Å²) in [6, 6.07) is 6.63. The van der Waals surface area contributed by atoms with Crippen molar-refractivity contribution in [3.05, 3.63) is 35.6 Å². The van der Waals surface area contributed by atoms with Gasteiger partial charge in [0.05, 0.1) is 12.2 Å². The van der Waals surface area contributed by atoms with Gasteiger partial charge < -0.3 is 14.7 Å². The van der Waals surface area contributed by atoms with E-state index < -0.39 is 5.60 Å². The van der Waals surface area contributed by atoms with Crippen molar-refractivity contribution in [2.75, 3.05) is 20.3 Å². The maximum absolute atomic E-state index is 14.1. The van der Waals surface area contributed by atoms with Gasteiger partial charge in [-0.05, 0) is 61.8 Å². The van der Waals surface area contributed by atoms with Crippen LogP contribution in [0.15, 0.2) is 24.3 Å². The third kappa shape index (κ3) is 3.90. The van der Waals surface area contributed by atoms with E-state index in [1.165, 1.54) is 12.5 Å². The molecule has 1 N–H and O–H groups in total. The fourth-order valence-electron chi connectivity index (χ4n) is 6.37. The predicted octanol–water partition coefficient (Wildman–Crippen LogP) is 3.52. The molecule has 4 nitrogen and oxygen atoms in total. The summed E-state index contributed by atoms with van der Waals surface area (Å²) in [5.41, 5.74) is -0.102. The normalized spacial score (nSPS) is 34.0. The van der Waals surface area contributed by atoms with Crippen LogP contribution in [0.2, 0.25) is 0 Å². The number of nitrogens with zero attached hydrogens (tertiary/aromatic N) is 1. The lowest BCUT2D eigenvalue weighted by Crippen LogP contribution is -2.56. The number of hydrogen-bond donors (Lipinski definition) is 1. The van der Waals surface area contributed by atoms with E-state index in [2.05, 4.69) is 0 Å². The zero-order valence-electron chi connectivity index (χ0n) is 16.1. The number of aliphatic hydroxyl groups is 1. The summed E-state index contributed by atoms with van der Waals surface area (Å²) in [6.07, 6.45) is 6.33. The van der Waals surface area contributed by atoms with Crippen LogP contribution in [-0.2, 0) is 16.1 Å². The monoisotopic (exact) mass is 375 g/mol. The Labute approximate surface area is 160 Å². The Bertz CT molecular complexity index is 693. The summed E-state index contributed by atoms with van der Waals surface area (Å²) in [6.45, 7) is 1.15. The highest BCUT2D eigenvalue weighted by atomic mass is 19.1. The van der Waals surface area contributed by atoms with Crippen LogP contribution in [0.25, 0.3) is 0 Å². The van der Waals surface area contributed by atoms with Crippen molar-refractivity contribution in [3.63, 3.8) is 0 Å². The van der Waals surface area contributed by atoms with Gasteiger partial charge >= 0.3 is 0 Å². The average molecular weight is 375 g/mol.